The molecule has 2 aromatic rings. The number of carbonyl (C=O) groups excluding carboxylic acids is 1. The maximum atomic E-state index is 12.8. The number of halogens is 1. The number of nitrogens with one attached hydrogen (secondary N) is 2. The van der Waals surface area contributed by atoms with Gasteiger partial charge in [0.15, 0.2) is 0 Å². The summed E-state index contributed by atoms with van der Waals surface area (Å²) >= 11 is 6.09. The smallest absolute Gasteiger partial charge is 0.226 e. The third-order valence-electron chi connectivity index (χ3n) is 6.63. The summed E-state index contributed by atoms with van der Waals surface area (Å²) < 4.78 is 0. The molecule has 0 radical (unpaired) electrons. The van der Waals surface area contributed by atoms with Crippen LogP contribution in [-0.4, -0.2) is 23.0 Å². The fraction of sp³-hybridized carbons (Fsp3) is 0.565. The first-order chi connectivity index (χ1) is 13.5. The summed E-state index contributed by atoms with van der Waals surface area (Å²) in [4.78, 5) is 17.2. The van der Waals surface area contributed by atoms with Gasteiger partial charge < -0.3 is 10.6 Å². The number of amides is 1. The van der Waals surface area contributed by atoms with E-state index in [0.29, 0.717) is 17.1 Å². The molecule has 2 aliphatic carbocycles. The zero-order valence-corrected chi connectivity index (χ0v) is 17.4. The second kappa shape index (κ2) is 8.28. The largest absolute Gasteiger partial charge is 0.382 e. The quantitative estimate of drug-likeness (QED) is 0.693. The minimum Gasteiger partial charge on any atom is -0.382 e. The Balaban J connectivity index is 1.33. The lowest BCUT2D eigenvalue weighted by Crippen LogP contribution is -2.47. The number of hydrogen-bond donors (Lipinski definition) is 2. The lowest BCUT2D eigenvalue weighted by molar-refractivity contribution is -0.132. The number of carbonyl (C=O) groups is 1. The van der Waals surface area contributed by atoms with Gasteiger partial charge in [0, 0.05) is 39.8 Å². The van der Waals surface area contributed by atoms with Crippen molar-refractivity contribution in [2.24, 2.45) is 5.41 Å². The number of pyridine rings is 1. The molecule has 0 aliphatic heterocycles. The fourth-order valence-electron chi connectivity index (χ4n) is 4.77. The molecule has 4 nitrogen and oxygen atoms in total. The molecular weight excluding hydrogens is 370 g/mol. The highest BCUT2D eigenvalue weighted by Crippen LogP contribution is 2.36. The molecule has 150 valence electrons. The third kappa shape index (κ3) is 4.27. The van der Waals surface area contributed by atoms with E-state index in [1.165, 1.54) is 19.3 Å². The van der Waals surface area contributed by atoms with Crippen LogP contribution in [-0.2, 0) is 4.79 Å². The van der Waals surface area contributed by atoms with Gasteiger partial charge >= 0.3 is 0 Å². The molecule has 0 spiro atoms. The molecule has 4 rings (SSSR count). The van der Waals surface area contributed by atoms with E-state index in [1.54, 1.807) is 0 Å². The van der Waals surface area contributed by atoms with Crippen LogP contribution >= 0.6 is 11.6 Å². The molecule has 5 heteroatoms. The van der Waals surface area contributed by atoms with E-state index in [0.717, 1.165) is 55.1 Å². The molecular formula is C23H30ClN3O. The Kier molecular flexibility index (Phi) is 5.77. The van der Waals surface area contributed by atoms with Gasteiger partial charge in [-0.2, -0.15) is 0 Å². The molecule has 1 aromatic carbocycles. The number of rotatable bonds is 4. The zero-order chi connectivity index (χ0) is 19.6. The average Bonchev–Trinajstić information content (AvgIpc) is 2.70. The minimum absolute atomic E-state index is 0.148. The fourth-order valence-corrected chi connectivity index (χ4v) is 4.93. The summed E-state index contributed by atoms with van der Waals surface area (Å²) in [7, 11) is 0. The summed E-state index contributed by atoms with van der Waals surface area (Å²) in [6.45, 7) is 2.15. The predicted octanol–water partition coefficient (Wildman–Crippen LogP) is 5.70. The van der Waals surface area contributed by atoms with E-state index in [9.17, 15) is 4.79 Å². The Bertz CT molecular complexity index is 839. The minimum atomic E-state index is -0.148. The van der Waals surface area contributed by atoms with Crippen molar-refractivity contribution >= 4 is 34.1 Å². The third-order valence-corrected chi connectivity index (χ3v) is 6.87. The van der Waals surface area contributed by atoms with Crippen LogP contribution in [0.25, 0.3) is 10.9 Å². The van der Waals surface area contributed by atoms with Crippen molar-refractivity contribution in [3.8, 4) is 0 Å². The first kappa shape index (κ1) is 19.5. The summed E-state index contributed by atoms with van der Waals surface area (Å²) in [6.07, 6.45) is 11.8. The molecule has 2 saturated carbocycles. The first-order valence-corrected chi connectivity index (χ1v) is 11.0. The number of anilines is 1. The number of fused-ring (bicyclic) bond motifs is 1. The molecule has 2 N–H and O–H groups in total. The van der Waals surface area contributed by atoms with Crippen molar-refractivity contribution < 1.29 is 4.79 Å². The van der Waals surface area contributed by atoms with Crippen LogP contribution in [0.5, 0.6) is 0 Å². The molecule has 0 atom stereocenters. The van der Waals surface area contributed by atoms with E-state index >= 15 is 0 Å². The Labute approximate surface area is 172 Å². The molecule has 0 bridgehead atoms. The Morgan fingerprint density at radius 1 is 1.07 bits per heavy atom. The second-order valence-corrected chi connectivity index (χ2v) is 9.24. The standard InChI is InChI=1S/C23H30ClN3O/c1-23(12-3-2-4-13-23)22(28)27-18-8-6-17(7-9-18)26-20-11-14-25-21-15-16(24)5-10-19(20)21/h5,10-11,14-15,17-18H,2-4,6-9,12-13H2,1H3,(H,25,26)(H,27,28). The molecule has 2 fully saturated rings. The van der Waals surface area contributed by atoms with Crippen LogP contribution in [0.1, 0.15) is 64.7 Å². The lowest BCUT2D eigenvalue weighted by Gasteiger charge is -2.36. The topological polar surface area (TPSA) is 54.0 Å². The number of hydrogen-bond acceptors (Lipinski definition) is 3. The molecule has 1 aromatic heterocycles. The molecule has 28 heavy (non-hydrogen) atoms. The SMILES string of the molecule is CC1(C(=O)NC2CCC(Nc3ccnc4cc(Cl)ccc34)CC2)CCCCC1. The van der Waals surface area contributed by atoms with E-state index in [4.69, 9.17) is 11.6 Å². The normalized spacial score (nSPS) is 24.6. The molecule has 0 saturated heterocycles. The van der Waals surface area contributed by atoms with E-state index in [-0.39, 0.29) is 11.3 Å². The number of nitrogens with zero attached hydrogens (tertiary/aromatic N) is 1. The molecule has 2 aliphatic rings. The Hall–Kier alpha value is -1.81. The van der Waals surface area contributed by atoms with E-state index < -0.39 is 0 Å². The summed E-state index contributed by atoms with van der Waals surface area (Å²) in [5, 5.41) is 8.86. The van der Waals surface area contributed by atoms with Crippen molar-refractivity contribution in [2.75, 3.05) is 5.32 Å². The molecule has 1 heterocycles. The first-order valence-electron chi connectivity index (χ1n) is 10.7. The molecule has 1 amide bonds. The zero-order valence-electron chi connectivity index (χ0n) is 16.6. The summed E-state index contributed by atoms with van der Waals surface area (Å²) in [6, 6.07) is 8.63. The van der Waals surface area contributed by atoms with Gasteiger partial charge in [-0.05, 0) is 62.8 Å². The van der Waals surface area contributed by atoms with Gasteiger partial charge in [0.2, 0.25) is 5.91 Å². The van der Waals surface area contributed by atoms with Crippen molar-refractivity contribution in [3.63, 3.8) is 0 Å². The Morgan fingerprint density at radius 3 is 2.54 bits per heavy atom. The van der Waals surface area contributed by atoms with Crippen molar-refractivity contribution in [1.29, 1.82) is 0 Å². The van der Waals surface area contributed by atoms with Crippen LogP contribution in [0, 0.1) is 5.41 Å². The summed E-state index contributed by atoms with van der Waals surface area (Å²) in [5.74, 6) is 0.278. The van der Waals surface area contributed by atoms with E-state index in [2.05, 4.69) is 22.5 Å². The maximum absolute atomic E-state index is 12.8. The van der Waals surface area contributed by atoms with Crippen LogP contribution in [0.2, 0.25) is 5.02 Å². The maximum Gasteiger partial charge on any atom is 0.226 e. The highest BCUT2D eigenvalue weighted by Gasteiger charge is 2.36. The average molecular weight is 400 g/mol. The molecule has 0 unspecified atom stereocenters. The van der Waals surface area contributed by atoms with Gasteiger partial charge in [-0.15, -0.1) is 0 Å². The van der Waals surface area contributed by atoms with Crippen molar-refractivity contribution in [3.05, 3.63) is 35.5 Å². The second-order valence-electron chi connectivity index (χ2n) is 8.81. The van der Waals surface area contributed by atoms with Gasteiger partial charge in [0.1, 0.15) is 0 Å². The summed E-state index contributed by atoms with van der Waals surface area (Å²) in [5.41, 5.74) is 1.88. The van der Waals surface area contributed by atoms with Gasteiger partial charge in [-0.1, -0.05) is 37.8 Å². The van der Waals surface area contributed by atoms with E-state index in [1.807, 2.05) is 30.5 Å². The highest BCUT2D eigenvalue weighted by molar-refractivity contribution is 6.31. The van der Waals surface area contributed by atoms with Crippen LogP contribution < -0.4 is 10.6 Å². The Morgan fingerprint density at radius 2 is 1.79 bits per heavy atom. The number of benzene rings is 1. The highest BCUT2D eigenvalue weighted by atomic mass is 35.5. The van der Waals surface area contributed by atoms with Crippen LogP contribution in [0.3, 0.4) is 0 Å². The lowest BCUT2D eigenvalue weighted by atomic mass is 9.74. The van der Waals surface area contributed by atoms with Gasteiger partial charge in [0.05, 0.1) is 5.52 Å². The monoisotopic (exact) mass is 399 g/mol. The van der Waals surface area contributed by atoms with Crippen molar-refractivity contribution in [2.45, 2.75) is 76.8 Å². The van der Waals surface area contributed by atoms with Crippen LogP contribution in [0.15, 0.2) is 30.5 Å². The van der Waals surface area contributed by atoms with Gasteiger partial charge in [-0.3, -0.25) is 9.78 Å². The number of aromatic nitrogens is 1. The van der Waals surface area contributed by atoms with Crippen LogP contribution in [0.4, 0.5) is 5.69 Å². The van der Waals surface area contributed by atoms with Gasteiger partial charge in [-0.25, -0.2) is 0 Å². The predicted molar refractivity (Wildman–Crippen MR) is 116 cm³/mol. The van der Waals surface area contributed by atoms with Gasteiger partial charge in [0.25, 0.3) is 0 Å². The van der Waals surface area contributed by atoms with Crippen molar-refractivity contribution in [1.82, 2.24) is 10.3 Å².